The van der Waals surface area contributed by atoms with Gasteiger partial charge in [0.1, 0.15) is 0 Å². The van der Waals surface area contributed by atoms with Crippen molar-refractivity contribution in [1.82, 2.24) is 10.2 Å². The van der Waals surface area contributed by atoms with Crippen LogP contribution >= 0.6 is 0 Å². The fourth-order valence-corrected chi connectivity index (χ4v) is 3.96. The van der Waals surface area contributed by atoms with Gasteiger partial charge in [-0.1, -0.05) is 56.5 Å². The quantitative estimate of drug-likeness (QED) is 0.856. The average Bonchev–Trinajstić information content (AvgIpc) is 2.56. The molecule has 1 aromatic rings. The molecule has 1 saturated carbocycles. The number of hydrogen-bond acceptors (Lipinski definition) is 2. The average molecular weight is 344 g/mol. The Hall–Kier alpha value is -2.04. The van der Waals surface area contributed by atoms with E-state index in [1.807, 2.05) is 25.1 Å². The summed E-state index contributed by atoms with van der Waals surface area (Å²) < 4.78 is 0. The number of carbonyl (C=O) groups is 2. The number of piperidine rings is 1. The van der Waals surface area contributed by atoms with Gasteiger partial charge in [0.25, 0.3) is 0 Å². The minimum atomic E-state index is -0.807. The highest BCUT2D eigenvalue weighted by atomic mass is 16.4. The molecule has 136 valence electrons. The molecule has 5 nitrogen and oxygen atoms in total. The summed E-state index contributed by atoms with van der Waals surface area (Å²) in [6.07, 6.45) is 5.36. The second-order valence-corrected chi connectivity index (χ2v) is 7.73. The van der Waals surface area contributed by atoms with Gasteiger partial charge in [0.05, 0.1) is 12.0 Å². The van der Waals surface area contributed by atoms with Gasteiger partial charge in [0.2, 0.25) is 0 Å². The third kappa shape index (κ3) is 4.53. The van der Waals surface area contributed by atoms with Gasteiger partial charge in [-0.15, -0.1) is 0 Å². The number of benzene rings is 1. The lowest BCUT2D eigenvalue weighted by Gasteiger charge is -2.36. The Balaban J connectivity index is 1.67. The number of hydrogen-bond donors (Lipinski definition) is 2. The summed E-state index contributed by atoms with van der Waals surface area (Å²) in [5.41, 5.74) is 1.13. The van der Waals surface area contributed by atoms with Crippen LogP contribution in [0.2, 0.25) is 0 Å². The molecule has 1 aliphatic heterocycles. The molecule has 0 bridgehead atoms. The third-order valence-electron chi connectivity index (χ3n) is 5.59. The molecule has 1 heterocycles. The third-order valence-corrected chi connectivity index (χ3v) is 5.59. The molecule has 3 rings (SSSR count). The van der Waals surface area contributed by atoms with E-state index in [4.69, 9.17) is 0 Å². The normalized spacial score (nSPS) is 25.1. The number of rotatable bonds is 5. The van der Waals surface area contributed by atoms with Crippen LogP contribution in [0.3, 0.4) is 0 Å². The van der Waals surface area contributed by atoms with Gasteiger partial charge in [-0.05, 0) is 30.2 Å². The number of nitrogens with one attached hydrogen (secondary N) is 1. The minimum absolute atomic E-state index is 0.000453. The first-order valence-corrected chi connectivity index (χ1v) is 9.36. The van der Waals surface area contributed by atoms with Gasteiger partial charge in [-0.2, -0.15) is 0 Å². The van der Waals surface area contributed by atoms with Crippen molar-refractivity contribution in [3.63, 3.8) is 0 Å². The SMILES string of the molecule is CC1CC(C(=O)O)CN(C(=O)NC(CC2CCC2)c2ccccc2)C1. The molecule has 0 radical (unpaired) electrons. The van der Waals surface area contributed by atoms with E-state index in [1.54, 1.807) is 4.90 Å². The predicted molar refractivity (Wildman–Crippen MR) is 96.2 cm³/mol. The van der Waals surface area contributed by atoms with Crippen LogP contribution in [0.25, 0.3) is 0 Å². The molecule has 2 N–H and O–H groups in total. The predicted octanol–water partition coefficient (Wildman–Crippen LogP) is 3.67. The maximum Gasteiger partial charge on any atom is 0.317 e. The van der Waals surface area contributed by atoms with Gasteiger partial charge in [0.15, 0.2) is 0 Å². The fourth-order valence-electron chi connectivity index (χ4n) is 3.96. The Labute approximate surface area is 149 Å². The van der Waals surface area contributed by atoms with Gasteiger partial charge in [-0.25, -0.2) is 4.79 Å². The van der Waals surface area contributed by atoms with Crippen LogP contribution in [-0.4, -0.2) is 35.1 Å². The van der Waals surface area contributed by atoms with Crippen LogP contribution in [-0.2, 0) is 4.79 Å². The Bertz CT molecular complexity index is 600. The molecule has 0 spiro atoms. The molecule has 2 aliphatic rings. The van der Waals surface area contributed by atoms with E-state index >= 15 is 0 Å². The molecule has 0 aromatic heterocycles. The lowest BCUT2D eigenvalue weighted by molar-refractivity contribution is -0.143. The van der Waals surface area contributed by atoms with Gasteiger partial charge >= 0.3 is 12.0 Å². The van der Waals surface area contributed by atoms with Crippen LogP contribution in [0.4, 0.5) is 4.79 Å². The van der Waals surface area contributed by atoms with E-state index in [0.29, 0.717) is 25.4 Å². The highest BCUT2D eigenvalue weighted by Crippen LogP contribution is 2.35. The summed E-state index contributed by atoms with van der Waals surface area (Å²) in [6.45, 7) is 2.94. The van der Waals surface area contributed by atoms with E-state index in [9.17, 15) is 14.7 Å². The van der Waals surface area contributed by atoms with Crippen molar-refractivity contribution in [2.24, 2.45) is 17.8 Å². The summed E-state index contributed by atoms with van der Waals surface area (Å²) in [6, 6.07) is 9.96. The molecular weight excluding hydrogens is 316 g/mol. The Morgan fingerprint density at radius 2 is 1.96 bits per heavy atom. The first-order valence-electron chi connectivity index (χ1n) is 9.36. The molecule has 1 aliphatic carbocycles. The number of amides is 2. The summed E-state index contributed by atoms with van der Waals surface area (Å²) >= 11 is 0. The fraction of sp³-hybridized carbons (Fsp3) is 0.600. The van der Waals surface area contributed by atoms with Crippen molar-refractivity contribution < 1.29 is 14.7 Å². The molecule has 5 heteroatoms. The van der Waals surface area contributed by atoms with Gasteiger partial charge in [0, 0.05) is 13.1 Å². The number of carboxylic acids is 1. The first-order chi connectivity index (χ1) is 12.0. The van der Waals surface area contributed by atoms with Crippen molar-refractivity contribution in [2.45, 2.75) is 45.1 Å². The summed E-state index contributed by atoms with van der Waals surface area (Å²) in [4.78, 5) is 25.8. The van der Waals surface area contributed by atoms with Gasteiger partial charge in [-0.3, -0.25) is 4.79 Å². The number of carbonyl (C=O) groups excluding carboxylic acids is 1. The van der Waals surface area contributed by atoms with E-state index in [2.05, 4.69) is 17.4 Å². The molecule has 3 unspecified atom stereocenters. The van der Waals surface area contributed by atoms with Crippen LogP contribution in [0.15, 0.2) is 30.3 Å². The minimum Gasteiger partial charge on any atom is -0.481 e. The van der Waals surface area contributed by atoms with E-state index in [1.165, 1.54) is 19.3 Å². The molecular formula is C20H28N2O3. The summed E-state index contributed by atoms with van der Waals surface area (Å²) in [5, 5.41) is 12.5. The molecule has 1 saturated heterocycles. The van der Waals surface area contributed by atoms with Gasteiger partial charge < -0.3 is 15.3 Å². The zero-order valence-electron chi connectivity index (χ0n) is 14.9. The smallest absolute Gasteiger partial charge is 0.317 e. The van der Waals surface area contributed by atoms with Crippen LogP contribution < -0.4 is 5.32 Å². The van der Waals surface area contributed by atoms with Crippen molar-refractivity contribution in [1.29, 1.82) is 0 Å². The molecule has 3 atom stereocenters. The van der Waals surface area contributed by atoms with E-state index in [-0.39, 0.29) is 18.0 Å². The first kappa shape index (κ1) is 17.8. The van der Waals surface area contributed by atoms with Crippen molar-refractivity contribution >= 4 is 12.0 Å². The second-order valence-electron chi connectivity index (χ2n) is 7.73. The monoisotopic (exact) mass is 344 g/mol. The zero-order valence-corrected chi connectivity index (χ0v) is 14.9. The summed E-state index contributed by atoms with van der Waals surface area (Å²) in [5.74, 6) is -0.380. The Morgan fingerprint density at radius 1 is 1.24 bits per heavy atom. The largest absolute Gasteiger partial charge is 0.481 e. The molecule has 1 aromatic carbocycles. The maximum absolute atomic E-state index is 12.8. The number of aliphatic carboxylic acids is 1. The Morgan fingerprint density at radius 3 is 2.56 bits per heavy atom. The highest BCUT2D eigenvalue weighted by Gasteiger charge is 2.33. The number of urea groups is 1. The van der Waals surface area contributed by atoms with Crippen molar-refractivity contribution in [2.75, 3.05) is 13.1 Å². The van der Waals surface area contributed by atoms with Crippen molar-refractivity contribution in [3.8, 4) is 0 Å². The number of carboxylic acid groups (broad SMARTS) is 1. The Kier molecular flexibility index (Phi) is 5.61. The maximum atomic E-state index is 12.8. The van der Waals surface area contributed by atoms with Crippen molar-refractivity contribution in [3.05, 3.63) is 35.9 Å². The number of nitrogens with zero attached hydrogens (tertiary/aromatic N) is 1. The van der Waals surface area contributed by atoms with E-state index in [0.717, 1.165) is 12.0 Å². The van der Waals surface area contributed by atoms with Crippen LogP contribution in [0.5, 0.6) is 0 Å². The zero-order chi connectivity index (χ0) is 17.8. The standard InChI is InChI=1S/C20H28N2O3/c1-14-10-17(19(23)24)13-22(12-14)20(25)21-18(11-15-6-5-7-15)16-8-3-2-4-9-16/h2-4,8-9,14-15,17-18H,5-7,10-13H2,1H3,(H,21,25)(H,23,24). The number of likely N-dealkylation sites (tertiary alicyclic amines) is 1. The lowest BCUT2D eigenvalue weighted by Crippen LogP contribution is -2.50. The second kappa shape index (κ2) is 7.89. The molecule has 25 heavy (non-hydrogen) atoms. The van der Waals surface area contributed by atoms with E-state index < -0.39 is 11.9 Å². The van der Waals surface area contributed by atoms with Crippen LogP contribution in [0, 0.1) is 17.8 Å². The molecule has 2 amide bonds. The topological polar surface area (TPSA) is 69.6 Å². The molecule has 2 fully saturated rings. The lowest BCUT2D eigenvalue weighted by atomic mass is 9.79. The highest BCUT2D eigenvalue weighted by molar-refractivity contribution is 5.77. The van der Waals surface area contributed by atoms with Crippen LogP contribution in [0.1, 0.15) is 50.6 Å². The summed E-state index contributed by atoms with van der Waals surface area (Å²) in [7, 11) is 0.